The van der Waals surface area contributed by atoms with Crippen molar-refractivity contribution in [1.29, 1.82) is 0 Å². The fourth-order valence-corrected chi connectivity index (χ4v) is 4.44. The van der Waals surface area contributed by atoms with E-state index in [1.807, 2.05) is 31.2 Å². The van der Waals surface area contributed by atoms with Gasteiger partial charge in [-0.2, -0.15) is 5.10 Å². The highest BCUT2D eigenvalue weighted by molar-refractivity contribution is 5.94. The number of carbonyl (C=O) groups is 1. The van der Waals surface area contributed by atoms with Gasteiger partial charge in [-0.05, 0) is 50.5 Å². The molecule has 4 rings (SSSR count). The SMILES string of the molecule is CCOC1CC(NC(=O)c2ccc(-n3cncn3)cc2)C12CCCC2. The predicted octanol–water partition coefficient (Wildman–Crippen LogP) is 2.73. The number of carbonyl (C=O) groups excluding carboxylic acids is 1. The molecule has 2 atom stereocenters. The molecule has 6 nitrogen and oxygen atoms in total. The van der Waals surface area contributed by atoms with Crippen LogP contribution in [-0.4, -0.2) is 39.4 Å². The van der Waals surface area contributed by atoms with Gasteiger partial charge in [0.15, 0.2) is 0 Å². The lowest BCUT2D eigenvalue weighted by atomic mass is 9.60. The lowest BCUT2D eigenvalue weighted by Gasteiger charge is -2.54. The van der Waals surface area contributed by atoms with Crippen LogP contribution < -0.4 is 5.32 Å². The maximum absolute atomic E-state index is 12.7. The van der Waals surface area contributed by atoms with Crippen LogP contribution in [-0.2, 0) is 4.74 Å². The third-order valence-corrected chi connectivity index (χ3v) is 5.81. The molecule has 0 aliphatic heterocycles. The van der Waals surface area contributed by atoms with Crippen molar-refractivity contribution >= 4 is 5.91 Å². The van der Waals surface area contributed by atoms with Crippen molar-refractivity contribution in [3.63, 3.8) is 0 Å². The van der Waals surface area contributed by atoms with E-state index in [0.29, 0.717) is 11.7 Å². The Kier molecular flexibility index (Phi) is 4.29. The molecule has 1 N–H and O–H groups in total. The molecule has 1 aromatic heterocycles. The minimum absolute atomic E-state index is 0.00337. The molecule has 2 fully saturated rings. The van der Waals surface area contributed by atoms with E-state index < -0.39 is 0 Å². The molecule has 2 aliphatic carbocycles. The third-order valence-electron chi connectivity index (χ3n) is 5.81. The highest BCUT2D eigenvalue weighted by atomic mass is 16.5. The van der Waals surface area contributed by atoms with E-state index in [2.05, 4.69) is 15.4 Å². The monoisotopic (exact) mass is 340 g/mol. The lowest BCUT2D eigenvalue weighted by Crippen LogP contribution is -2.63. The smallest absolute Gasteiger partial charge is 0.251 e. The average Bonchev–Trinajstić information content (AvgIpc) is 3.33. The number of benzene rings is 1. The summed E-state index contributed by atoms with van der Waals surface area (Å²) in [6.45, 7) is 2.79. The van der Waals surface area contributed by atoms with Crippen LogP contribution in [0.1, 0.15) is 49.4 Å². The van der Waals surface area contributed by atoms with Gasteiger partial charge < -0.3 is 10.1 Å². The number of hydrogen-bond acceptors (Lipinski definition) is 4. The number of ether oxygens (including phenoxy) is 1. The summed E-state index contributed by atoms with van der Waals surface area (Å²) >= 11 is 0. The van der Waals surface area contributed by atoms with Crippen LogP contribution >= 0.6 is 0 Å². The van der Waals surface area contributed by atoms with Gasteiger partial charge in [-0.15, -0.1) is 0 Å². The number of nitrogens with one attached hydrogen (secondary N) is 1. The number of amides is 1. The van der Waals surface area contributed by atoms with Crippen molar-refractivity contribution in [2.45, 2.75) is 51.2 Å². The van der Waals surface area contributed by atoms with Crippen LogP contribution in [0.2, 0.25) is 0 Å². The number of aromatic nitrogens is 3. The van der Waals surface area contributed by atoms with Crippen LogP contribution in [0, 0.1) is 5.41 Å². The lowest BCUT2D eigenvalue weighted by molar-refractivity contribution is -0.127. The van der Waals surface area contributed by atoms with Gasteiger partial charge in [0.2, 0.25) is 0 Å². The maximum atomic E-state index is 12.7. The molecule has 25 heavy (non-hydrogen) atoms. The van der Waals surface area contributed by atoms with Crippen LogP contribution in [0.15, 0.2) is 36.9 Å². The Labute approximate surface area is 147 Å². The predicted molar refractivity (Wildman–Crippen MR) is 93.5 cm³/mol. The standard InChI is InChI=1S/C19H24N4O2/c1-2-25-17-11-16(19(17)9-3-4-10-19)22-18(24)14-5-7-15(8-6-14)23-13-20-12-21-23/h5-8,12-13,16-17H,2-4,9-11H2,1H3,(H,22,24). The van der Waals surface area contributed by atoms with Crippen molar-refractivity contribution < 1.29 is 9.53 Å². The van der Waals surface area contributed by atoms with Gasteiger partial charge in [0.05, 0.1) is 11.8 Å². The molecule has 6 heteroatoms. The van der Waals surface area contributed by atoms with Gasteiger partial charge in [0.25, 0.3) is 5.91 Å². The van der Waals surface area contributed by atoms with Gasteiger partial charge >= 0.3 is 0 Å². The molecule has 0 bridgehead atoms. The van der Waals surface area contributed by atoms with Crippen molar-refractivity contribution in [3.05, 3.63) is 42.5 Å². The molecule has 0 saturated heterocycles. The number of hydrogen-bond donors (Lipinski definition) is 1. The minimum Gasteiger partial charge on any atom is -0.378 e. The molecule has 1 amide bonds. The Morgan fingerprint density at radius 3 is 2.72 bits per heavy atom. The summed E-state index contributed by atoms with van der Waals surface area (Å²) in [5.74, 6) is -0.00337. The van der Waals surface area contributed by atoms with Crippen molar-refractivity contribution in [2.75, 3.05) is 6.61 Å². The maximum Gasteiger partial charge on any atom is 0.251 e. The number of nitrogens with zero attached hydrogens (tertiary/aromatic N) is 3. The zero-order chi connectivity index (χ0) is 17.3. The van der Waals surface area contributed by atoms with Gasteiger partial charge in [-0.3, -0.25) is 4.79 Å². The summed E-state index contributed by atoms with van der Waals surface area (Å²) in [5.41, 5.74) is 1.73. The van der Waals surface area contributed by atoms with E-state index >= 15 is 0 Å². The van der Waals surface area contributed by atoms with Crippen LogP contribution in [0.5, 0.6) is 0 Å². The van der Waals surface area contributed by atoms with Crippen molar-refractivity contribution in [3.8, 4) is 5.69 Å². The third kappa shape index (κ3) is 2.84. The Hall–Kier alpha value is -2.21. The summed E-state index contributed by atoms with van der Waals surface area (Å²) in [7, 11) is 0. The summed E-state index contributed by atoms with van der Waals surface area (Å²) in [6, 6.07) is 7.69. The molecule has 2 aliphatic rings. The highest BCUT2D eigenvalue weighted by Crippen LogP contribution is 2.54. The molecule has 0 radical (unpaired) electrons. The molecule has 2 aromatic rings. The second kappa shape index (κ2) is 6.59. The van der Waals surface area contributed by atoms with Gasteiger partial charge in [-0.25, -0.2) is 9.67 Å². The summed E-state index contributed by atoms with van der Waals surface area (Å²) in [6.07, 6.45) is 9.16. The quantitative estimate of drug-likeness (QED) is 0.909. The first-order valence-electron chi connectivity index (χ1n) is 9.10. The normalized spacial score (nSPS) is 24.2. The molecule has 1 spiro atoms. The van der Waals surface area contributed by atoms with Gasteiger partial charge in [0, 0.05) is 23.6 Å². The van der Waals surface area contributed by atoms with E-state index in [1.165, 1.54) is 19.2 Å². The van der Waals surface area contributed by atoms with E-state index in [4.69, 9.17) is 4.74 Å². The summed E-state index contributed by atoms with van der Waals surface area (Å²) in [5, 5.41) is 7.35. The van der Waals surface area contributed by atoms with Crippen molar-refractivity contribution in [2.24, 2.45) is 5.41 Å². The van der Waals surface area contributed by atoms with E-state index in [0.717, 1.165) is 31.6 Å². The van der Waals surface area contributed by atoms with Crippen LogP contribution in [0.25, 0.3) is 5.69 Å². The Bertz CT molecular complexity index is 720. The average molecular weight is 340 g/mol. The Morgan fingerprint density at radius 2 is 2.08 bits per heavy atom. The topological polar surface area (TPSA) is 69.0 Å². The zero-order valence-corrected chi connectivity index (χ0v) is 14.5. The first kappa shape index (κ1) is 16.3. The Morgan fingerprint density at radius 1 is 1.32 bits per heavy atom. The van der Waals surface area contributed by atoms with Gasteiger partial charge in [-0.1, -0.05) is 12.8 Å². The Balaban J connectivity index is 1.43. The number of rotatable bonds is 5. The second-order valence-corrected chi connectivity index (χ2v) is 7.03. The fraction of sp³-hybridized carbons (Fsp3) is 0.526. The van der Waals surface area contributed by atoms with Crippen LogP contribution in [0.4, 0.5) is 0 Å². The van der Waals surface area contributed by atoms with Crippen molar-refractivity contribution in [1.82, 2.24) is 20.1 Å². The molecule has 2 unspecified atom stereocenters. The molecule has 2 saturated carbocycles. The van der Waals surface area contributed by atoms with Gasteiger partial charge in [0.1, 0.15) is 12.7 Å². The first-order valence-corrected chi connectivity index (χ1v) is 9.10. The van der Waals surface area contributed by atoms with Crippen LogP contribution in [0.3, 0.4) is 0 Å². The molecular formula is C19H24N4O2. The minimum atomic E-state index is -0.00337. The second-order valence-electron chi connectivity index (χ2n) is 7.03. The van der Waals surface area contributed by atoms with E-state index in [-0.39, 0.29) is 17.4 Å². The first-order chi connectivity index (χ1) is 12.2. The fourth-order valence-electron chi connectivity index (χ4n) is 4.44. The zero-order valence-electron chi connectivity index (χ0n) is 14.5. The summed E-state index contributed by atoms with van der Waals surface area (Å²) in [4.78, 5) is 16.6. The molecule has 1 aromatic carbocycles. The highest BCUT2D eigenvalue weighted by Gasteiger charge is 2.57. The molecule has 1 heterocycles. The van der Waals surface area contributed by atoms with E-state index in [1.54, 1.807) is 11.0 Å². The largest absolute Gasteiger partial charge is 0.378 e. The summed E-state index contributed by atoms with van der Waals surface area (Å²) < 4.78 is 7.60. The van der Waals surface area contributed by atoms with E-state index in [9.17, 15) is 4.79 Å². The molecular weight excluding hydrogens is 316 g/mol. The molecule has 132 valence electrons.